The van der Waals surface area contributed by atoms with E-state index in [2.05, 4.69) is 0 Å². The maximum atomic E-state index is 13.3. The fourth-order valence-corrected chi connectivity index (χ4v) is 4.34. The van der Waals surface area contributed by atoms with Gasteiger partial charge in [0.25, 0.3) is 11.7 Å². The van der Waals surface area contributed by atoms with Crippen molar-refractivity contribution in [1.29, 1.82) is 0 Å². The monoisotopic (exact) mass is 475 g/mol. The summed E-state index contributed by atoms with van der Waals surface area (Å²) in [5, 5.41) is 11.4. The molecule has 0 saturated carbocycles. The first kappa shape index (κ1) is 24.1. The number of likely N-dealkylation sites (tertiary alicyclic amines) is 1. The summed E-state index contributed by atoms with van der Waals surface area (Å²) in [6.45, 7) is 6.57. The molecule has 2 heterocycles. The van der Waals surface area contributed by atoms with E-state index in [0.717, 1.165) is 11.3 Å². The summed E-state index contributed by atoms with van der Waals surface area (Å²) in [6.07, 6.45) is 1.52. The summed E-state index contributed by atoms with van der Waals surface area (Å²) in [6, 6.07) is 15.1. The van der Waals surface area contributed by atoms with Crippen molar-refractivity contribution < 1.29 is 28.6 Å². The van der Waals surface area contributed by atoms with Crippen LogP contribution in [0.4, 0.5) is 0 Å². The number of rotatable bonds is 8. The fourth-order valence-electron chi connectivity index (χ4n) is 4.34. The van der Waals surface area contributed by atoms with Crippen LogP contribution in [0.1, 0.15) is 55.2 Å². The number of carbonyl (C=O) groups excluding carboxylic acids is 2. The lowest BCUT2D eigenvalue weighted by Crippen LogP contribution is -2.29. The second-order valence-electron chi connectivity index (χ2n) is 8.62. The molecule has 1 aromatic heterocycles. The lowest BCUT2D eigenvalue weighted by Gasteiger charge is -2.24. The smallest absolute Gasteiger partial charge is 0.296 e. The molecule has 1 saturated heterocycles. The number of amides is 1. The zero-order valence-electron chi connectivity index (χ0n) is 20.3. The number of ketones is 1. The molecule has 1 unspecified atom stereocenters. The molecule has 0 bridgehead atoms. The minimum absolute atomic E-state index is 0.0330. The van der Waals surface area contributed by atoms with Gasteiger partial charge in [0.05, 0.1) is 38.1 Å². The average molecular weight is 476 g/mol. The summed E-state index contributed by atoms with van der Waals surface area (Å²) >= 11 is 0. The van der Waals surface area contributed by atoms with Gasteiger partial charge in [-0.25, -0.2) is 0 Å². The van der Waals surface area contributed by atoms with Crippen LogP contribution in [0.5, 0.6) is 11.5 Å². The molecule has 1 aliphatic rings. The van der Waals surface area contributed by atoms with Crippen LogP contribution in [0, 0.1) is 0 Å². The largest absolute Gasteiger partial charge is 0.507 e. The number of aliphatic hydroxyl groups is 1. The van der Waals surface area contributed by atoms with Crippen LogP contribution in [0.3, 0.4) is 0 Å². The van der Waals surface area contributed by atoms with E-state index >= 15 is 0 Å². The number of benzene rings is 2. The van der Waals surface area contributed by atoms with Crippen LogP contribution >= 0.6 is 0 Å². The van der Waals surface area contributed by atoms with E-state index in [1.165, 1.54) is 11.2 Å². The van der Waals surface area contributed by atoms with E-state index in [-0.39, 0.29) is 23.8 Å². The molecule has 0 aliphatic carbocycles. The number of ether oxygens (including phenoxy) is 2. The minimum Gasteiger partial charge on any atom is -0.507 e. The highest BCUT2D eigenvalue weighted by atomic mass is 16.5. The third kappa shape index (κ3) is 4.67. The topological polar surface area (TPSA) is 89.2 Å². The Kier molecular flexibility index (Phi) is 6.96. The van der Waals surface area contributed by atoms with Gasteiger partial charge in [-0.05, 0) is 66.4 Å². The number of hydrogen-bond donors (Lipinski definition) is 1. The van der Waals surface area contributed by atoms with Gasteiger partial charge in [-0.2, -0.15) is 0 Å². The number of aliphatic hydroxyl groups excluding tert-OH is 1. The van der Waals surface area contributed by atoms with Gasteiger partial charge >= 0.3 is 0 Å². The van der Waals surface area contributed by atoms with Gasteiger partial charge in [0.2, 0.25) is 0 Å². The van der Waals surface area contributed by atoms with Crippen LogP contribution in [-0.2, 0) is 16.1 Å². The van der Waals surface area contributed by atoms with E-state index in [4.69, 9.17) is 13.9 Å². The summed E-state index contributed by atoms with van der Waals surface area (Å²) < 4.78 is 16.4. The molecule has 2 aromatic carbocycles. The molecule has 0 radical (unpaired) electrons. The third-order valence-electron chi connectivity index (χ3n) is 6.08. The fraction of sp³-hybridized carbons (Fsp3) is 0.286. The number of hydrogen-bond acceptors (Lipinski definition) is 6. The second kappa shape index (κ2) is 10.1. The molecule has 1 amide bonds. The molecule has 182 valence electrons. The normalized spacial score (nSPS) is 17.3. The number of nitrogens with zero attached hydrogens (tertiary/aromatic N) is 1. The Bertz CT molecular complexity index is 1240. The number of Topliss-reactive ketones (excluding diaryl/α,β-unsaturated/α-hetero) is 1. The van der Waals surface area contributed by atoms with E-state index in [9.17, 15) is 14.7 Å². The molecule has 7 heteroatoms. The molecular weight excluding hydrogens is 446 g/mol. The molecule has 7 nitrogen and oxygen atoms in total. The van der Waals surface area contributed by atoms with Crippen molar-refractivity contribution in [2.75, 3.05) is 13.7 Å². The summed E-state index contributed by atoms with van der Waals surface area (Å²) in [7, 11) is 1.57. The van der Waals surface area contributed by atoms with Gasteiger partial charge in [-0.3, -0.25) is 9.59 Å². The van der Waals surface area contributed by atoms with Crippen molar-refractivity contribution in [2.45, 2.75) is 39.3 Å². The standard InChI is InChI=1S/C28H29NO6/c1-5-34-23-13-10-19(15-22(23)17(2)3)26(30)24-25(18-8-11-20(33-4)12-9-18)29(28(32)27(24)31)16-21-7-6-14-35-21/h6-15,17,25,30H,5,16H2,1-4H3/b26-24-. The first-order valence-corrected chi connectivity index (χ1v) is 11.6. The quantitative estimate of drug-likeness (QED) is 0.265. The molecule has 4 rings (SSSR count). The van der Waals surface area contributed by atoms with Crippen LogP contribution in [0.15, 0.2) is 70.9 Å². The molecule has 1 atom stereocenters. The maximum Gasteiger partial charge on any atom is 0.296 e. The Morgan fingerprint density at radius 3 is 2.46 bits per heavy atom. The van der Waals surface area contributed by atoms with Crippen molar-refractivity contribution >= 4 is 17.4 Å². The summed E-state index contributed by atoms with van der Waals surface area (Å²) in [4.78, 5) is 27.8. The molecule has 1 aliphatic heterocycles. The lowest BCUT2D eigenvalue weighted by atomic mass is 9.93. The van der Waals surface area contributed by atoms with Crippen LogP contribution in [0.2, 0.25) is 0 Å². The number of carbonyl (C=O) groups is 2. The zero-order chi connectivity index (χ0) is 25.1. The van der Waals surface area contributed by atoms with E-state index in [1.54, 1.807) is 55.6 Å². The van der Waals surface area contributed by atoms with Crippen LogP contribution in [-0.4, -0.2) is 35.4 Å². The molecular formula is C28H29NO6. The Morgan fingerprint density at radius 1 is 1.11 bits per heavy atom. The predicted molar refractivity (Wildman–Crippen MR) is 131 cm³/mol. The molecule has 1 fully saturated rings. The van der Waals surface area contributed by atoms with Gasteiger partial charge < -0.3 is 23.9 Å². The summed E-state index contributed by atoms with van der Waals surface area (Å²) in [5.41, 5.74) is 2.06. The Labute approximate surface area is 204 Å². The number of furan rings is 1. The Balaban J connectivity index is 1.86. The van der Waals surface area contributed by atoms with Crippen molar-refractivity contribution in [3.63, 3.8) is 0 Å². The summed E-state index contributed by atoms with van der Waals surface area (Å²) in [5.74, 6) is 0.371. The zero-order valence-corrected chi connectivity index (χ0v) is 20.3. The molecule has 3 aromatic rings. The molecule has 35 heavy (non-hydrogen) atoms. The lowest BCUT2D eigenvalue weighted by molar-refractivity contribution is -0.140. The van der Waals surface area contributed by atoms with Gasteiger partial charge in [0, 0.05) is 5.56 Å². The van der Waals surface area contributed by atoms with E-state index < -0.39 is 17.7 Å². The third-order valence-corrected chi connectivity index (χ3v) is 6.08. The SMILES string of the molecule is CCOc1ccc(/C(O)=C2/C(=O)C(=O)N(Cc3ccco3)C2c2ccc(OC)cc2)cc1C(C)C. The molecule has 1 N–H and O–H groups in total. The highest BCUT2D eigenvalue weighted by molar-refractivity contribution is 6.46. The van der Waals surface area contributed by atoms with Crippen LogP contribution < -0.4 is 9.47 Å². The minimum atomic E-state index is -0.792. The first-order chi connectivity index (χ1) is 16.8. The van der Waals surface area contributed by atoms with Crippen molar-refractivity contribution in [3.05, 3.63) is 88.9 Å². The predicted octanol–water partition coefficient (Wildman–Crippen LogP) is 5.43. The van der Waals surface area contributed by atoms with E-state index in [1.807, 2.05) is 26.8 Å². The Morgan fingerprint density at radius 2 is 1.86 bits per heavy atom. The first-order valence-electron chi connectivity index (χ1n) is 11.6. The van der Waals surface area contributed by atoms with Gasteiger partial charge in [0.1, 0.15) is 23.0 Å². The van der Waals surface area contributed by atoms with Crippen molar-refractivity contribution in [3.8, 4) is 11.5 Å². The average Bonchev–Trinajstić information content (AvgIpc) is 3.46. The van der Waals surface area contributed by atoms with Crippen molar-refractivity contribution in [2.24, 2.45) is 0 Å². The molecule has 0 spiro atoms. The van der Waals surface area contributed by atoms with Gasteiger partial charge in [-0.1, -0.05) is 26.0 Å². The highest BCUT2D eigenvalue weighted by Gasteiger charge is 2.46. The highest BCUT2D eigenvalue weighted by Crippen LogP contribution is 2.41. The van der Waals surface area contributed by atoms with Crippen molar-refractivity contribution in [1.82, 2.24) is 4.90 Å². The van der Waals surface area contributed by atoms with Gasteiger partial charge in [-0.15, -0.1) is 0 Å². The Hall–Kier alpha value is -4.00. The van der Waals surface area contributed by atoms with Crippen LogP contribution in [0.25, 0.3) is 5.76 Å². The number of methoxy groups -OCH3 is 1. The second-order valence-corrected chi connectivity index (χ2v) is 8.62. The van der Waals surface area contributed by atoms with Gasteiger partial charge in [0.15, 0.2) is 0 Å². The maximum absolute atomic E-state index is 13.3. The van der Waals surface area contributed by atoms with E-state index in [0.29, 0.717) is 29.2 Å².